The first kappa shape index (κ1) is 11.1. The molecule has 1 aromatic rings. The Morgan fingerprint density at radius 3 is 2.83 bits per heavy atom. The number of hydrogen-bond donors (Lipinski definition) is 0. The van der Waals surface area contributed by atoms with Crippen LogP contribution in [0.4, 0.5) is 0 Å². The number of nitrogens with zero attached hydrogens (tertiary/aromatic N) is 1. The fraction of sp³-hybridized carbons (Fsp3) is 0.176. The van der Waals surface area contributed by atoms with Crippen molar-refractivity contribution in [1.82, 2.24) is 4.90 Å². The van der Waals surface area contributed by atoms with Crippen molar-refractivity contribution in [2.75, 3.05) is 0 Å². The fourth-order valence-corrected chi connectivity index (χ4v) is 2.50. The third kappa shape index (κ3) is 2.04. The summed E-state index contributed by atoms with van der Waals surface area (Å²) < 4.78 is 0. The van der Waals surface area contributed by atoms with Crippen LogP contribution in [0.1, 0.15) is 18.9 Å². The zero-order chi connectivity index (χ0) is 12.4. The summed E-state index contributed by atoms with van der Waals surface area (Å²) in [4.78, 5) is 2.34. The fourth-order valence-electron chi connectivity index (χ4n) is 2.50. The van der Waals surface area contributed by atoms with E-state index in [-0.39, 0.29) is 0 Å². The van der Waals surface area contributed by atoms with Gasteiger partial charge >= 0.3 is 0 Å². The van der Waals surface area contributed by atoms with E-state index in [4.69, 9.17) is 0 Å². The summed E-state index contributed by atoms with van der Waals surface area (Å²) >= 11 is 0. The van der Waals surface area contributed by atoms with Crippen LogP contribution >= 0.6 is 0 Å². The molecule has 0 bridgehead atoms. The molecule has 1 aromatic carbocycles. The van der Waals surface area contributed by atoms with E-state index >= 15 is 0 Å². The first-order chi connectivity index (χ1) is 8.84. The highest BCUT2D eigenvalue weighted by atomic mass is 15.1. The van der Waals surface area contributed by atoms with Gasteiger partial charge in [-0.3, -0.25) is 0 Å². The van der Waals surface area contributed by atoms with E-state index in [0.717, 1.165) is 6.42 Å². The Morgan fingerprint density at radius 2 is 2.00 bits per heavy atom. The van der Waals surface area contributed by atoms with Crippen LogP contribution in [0.15, 0.2) is 72.6 Å². The molecule has 1 heteroatoms. The molecular weight excluding hydrogens is 218 g/mol. The lowest BCUT2D eigenvalue weighted by Gasteiger charge is -2.29. The van der Waals surface area contributed by atoms with Crippen molar-refractivity contribution in [2.24, 2.45) is 0 Å². The summed E-state index contributed by atoms with van der Waals surface area (Å²) in [5.41, 5.74) is 3.91. The Labute approximate surface area is 108 Å². The summed E-state index contributed by atoms with van der Waals surface area (Å²) in [5, 5.41) is 0. The average Bonchev–Trinajstić information content (AvgIpc) is 2.63. The first-order valence-electron chi connectivity index (χ1n) is 6.42. The Bertz CT molecular complexity index is 546. The van der Waals surface area contributed by atoms with Crippen LogP contribution in [0.3, 0.4) is 0 Å². The van der Waals surface area contributed by atoms with Gasteiger partial charge in [0, 0.05) is 11.9 Å². The standard InChI is InChI=1S/C17H17N/c1-14-6-5-9-17-11-10-16(12-13-18(14)17)15-7-3-2-4-8-15/h2-10,12-13,17H,11H2,1H3. The molecule has 0 spiro atoms. The van der Waals surface area contributed by atoms with Gasteiger partial charge in [0.2, 0.25) is 0 Å². The van der Waals surface area contributed by atoms with Gasteiger partial charge < -0.3 is 4.90 Å². The summed E-state index contributed by atoms with van der Waals surface area (Å²) in [6.07, 6.45) is 14.4. The van der Waals surface area contributed by atoms with Crippen molar-refractivity contribution in [3.05, 3.63) is 78.2 Å². The summed E-state index contributed by atoms with van der Waals surface area (Å²) in [6, 6.07) is 11.0. The van der Waals surface area contributed by atoms with Crippen LogP contribution in [0.5, 0.6) is 0 Å². The van der Waals surface area contributed by atoms with Gasteiger partial charge in [0.25, 0.3) is 0 Å². The van der Waals surface area contributed by atoms with Gasteiger partial charge in [0.1, 0.15) is 0 Å². The molecular formula is C17H17N. The highest BCUT2D eigenvalue weighted by Gasteiger charge is 2.17. The van der Waals surface area contributed by atoms with Gasteiger partial charge in [-0.15, -0.1) is 0 Å². The van der Waals surface area contributed by atoms with E-state index in [1.54, 1.807) is 0 Å². The second kappa shape index (κ2) is 4.69. The van der Waals surface area contributed by atoms with Gasteiger partial charge in [-0.05, 0) is 36.6 Å². The van der Waals surface area contributed by atoms with Crippen LogP contribution in [0.25, 0.3) is 5.57 Å². The predicted molar refractivity (Wildman–Crippen MR) is 76.7 cm³/mol. The van der Waals surface area contributed by atoms with E-state index < -0.39 is 0 Å². The summed E-state index contributed by atoms with van der Waals surface area (Å²) in [6.45, 7) is 2.16. The molecule has 0 radical (unpaired) electrons. The molecule has 0 fully saturated rings. The largest absolute Gasteiger partial charge is 0.345 e. The van der Waals surface area contributed by atoms with Gasteiger partial charge in [-0.1, -0.05) is 48.6 Å². The highest BCUT2D eigenvalue weighted by molar-refractivity contribution is 5.74. The molecule has 2 aliphatic rings. The molecule has 90 valence electrons. The Morgan fingerprint density at radius 1 is 1.17 bits per heavy atom. The van der Waals surface area contributed by atoms with Crippen LogP contribution in [-0.4, -0.2) is 10.9 Å². The van der Waals surface area contributed by atoms with E-state index in [2.05, 4.69) is 78.7 Å². The van der Waals surface area contributed by atoms with Crippen molar-refractivity contribution < 1.29 is 0 Å². The Balaban J connectivity index is 1.92. The monoisotopic (exact) mass is 235 g/mol. The lowest BCUT2D eigenvalue weighted by Crippen LogP contribution is -2.28. The highest BCUT2D eigenvalue weighted by Crippen LogP contribution is 2.26. The normalized spacial score (nSPS) is 22.1. The molecule has 1 nitrogen and oxygen atoms in total. The molecule has 2 heterocycles. The van der Waals surface area contributed by atoms with Crippen LogP contribution < -0.4 is 0 Å². The average molecular weight is 235 g/mol. The maximum Gasteiger partial charge on any atom is 0.0551 e. The minimum atomic E-state index is 0.465. The first-order valence-corrected chi connectivity index (χ1v) is 6.42. The van der Waals surface area contributed by atoms with E-state index in [1.165, 1.54) is 16.8 Å². The van der Waals surface area contributed by atoms with Crippen molar-refractivity contribution in [2.45, 2.75) is 19.4 Å². The summed E-state index contributed by atoms with van der Waals surface area (Å²) in [7, 11) is 0. The number of allylic oxidation sites excluding steroid dienone is 5. The zero-order valence-electron chi connectivity index (χ0n) is 10.6. The molecule has 0 saturated heterocycles. The topological polar surface area (TPSA) is 3.24 Å². The molecule has 1 atom stereocenters. The van der Waals surface area contributed by atoms with Crippen molar-refractivity contribution in [3.63, 3.8) is 0 Å². The molecule has 18 heavy (non-hydrogen) atoms. The van der Waals surface area contributed by atoms with Gasteiger partial charge in [0.05, 0.1) is 6.04 Å². The molecule has 3 rings (SSSR count). The Kier molecular flexibility index (Phi) is 2.89. The minimum Gasteiger partial charge on any atom is -0.345 e. The smallest absolute Gasteiger partial charge is 0.0551 e. The van der Waals surface area contributed by atoms with Gasteiger partial charge in [0.15, 0.2) is 0 Å². The lowest BCUT2D eigenvalue weighted by molar-refractivity contribution is 0.393. The quantitative estimate of drug-likeness (QED) is 0.707. The van der Waals surface area contributed by atoms with Crippen molar-refractivity contribution >= 4 is 5.57 Å². The Hall–Kier alpha value is -2.02. The van der Waals surface area contributed by atoms with Crippen LogP contribution in [0.2, 0.25) is 0 Å². The van der Waals surface area contributed by atoms with E-state index in [0.29, 0.717) is 6.04 Å². The third-order valence-corrected chi connectivity index (χ3v) is 3.54. The lowest BCUT2D eigenvalue weighted by atomic mass is 10.0. The number of benzene rings is 1. The maximum atomic E-state index is 2.34. The number of fused-ring (bicyclic) bond motifs is 1. The SMILES string of the molecule is CC1=CC=CC2CC=C(c3ccccc3)C=CN12. The second-order valence-corrected chi connectivity index (χ2v) is 4.74. The molecule has 1 unspecified atom stereocenters. The second-order valence-electron chi connectivity index (χ2n) is 4.74. The molecule has 2 aliphatic heterocycles. The minimum absolute atomic E-state index is 0.465. The summed E-state index contributed by atoms with van der Waals surface area (Å²) in [5.74, 6) is 0. The third-order valence-electron chi connectivity index (χ3n) is 3.54. The van der Waals surface area contributed by atoms with Crippen molar-refractivity contribution in [1.29, 1.82) is 0 Å². The zero-order valence-corrected chi connectivity index (χ0v) is 10.6. The van der Waals surface area contributed by atoms with E-state index in [9.17, 15) is 0 Å². The maximum absolute atomic E-state index is 2.34. The van der Waals surface area contributed by atoms with Gasteiger partial charge in [-0.25, -0.2) is 0 Å². The predicted octanol–water partition coefficient (Wildman–Crippen LogP) is 4.13. The molecule has 0 N–H and O–H groups in total. The number of hydrogen-bond acceptors (Lipinski definition) is 1. The molecule has 0 aromatic heterocycles. The number of rotatable bonds is 1. The van der Waals surface area contributed by atoms with E-state index in [1.807, 2.05) is 0 Å². The molecule has 0 saturated carbocycles. The molecule has 0 aliphatic carbocycles. The van der Waals surface area contributed by atoms with Gasteiger partial charge in [-0.2, -0.15) is 0 Å². The van der Waals surface area contributed by atoms with Crippen LogP contribution in [0, 0.1) is 0 Å². The van der Waals surface area contributed by atoms with Crippen molar-refractivity contribution in [3.8, 4) is 0 Å². The van der Waals surface area contributed by atoms with Crippen LogP contribution in [-0.2, 0) is 0 Å². The molecule has 0 amide bonds.